The summed E-state index contributed by atoms with van der Waals surface area (Å²) in [5.74, 6) is -1.03. The molecule has 0 aliphatic heterocycles. The fraction of sp³-hybridized carbons (Fsp3) is 0. The number of hydrogen-bond donors (Lipinski definition) is 1. The van der Waals surface area contributed by atoms with Crippen molar-refractivity contribution in [2.45, 2.75) is 4.90 Å². The number of hydrogen-bond acceptors (Lipinski definition) is 7. The van der Waals surface area contributed by atoms with Gasteiger partial charge in [0.1, 0.15) is 16.5 Å². The largest absolute Gasteiger partial charge is 0.377 e. The van der Waals surface area contributed by atoms with Crippen LogP contribution in [0.3, 0.4) is 0 Å². The van der Waals surface area contributed by atoms with Crippen LogP contribution in [-0.2, 0) is 14.9 Å². The first kappa shape index (κ1) is 26.4. The Labute approximate surface area is 221 Å². The maximum atomic E-state index is 12.8. The maximum Gasteiger partial charge on any atom is 0.339 e. The predicted molar refractivity (Wildman–Crippen MR) is 136 cm³/mol. The van der Waals surface area contributed by atoms with Crippen LogP contribution in [0.5, 0.6) is 5.75 Å². The van der Waals surface area contributed by atoms with Gasteiger partial charge in [-0.3, -0.25) is 14.9 Å². The first-order chi connectivity index (χ1) is 16.5. The lowest BCUT2D eigenvalue weighted by atomic mass is 10.1. The molecular weight excluding hydrogens is 630 g/mol. The van der Waals surface area contributed by atoms with Crippen LogP contribution in [0.1, 0.15) is 5.56 Å². The van der Waals surface area contributed by atoms with Gasteiger partial charge in [-0.1, -0.05) is 33.6 Å². The van der Waals surface area contributed by atoms with Gasteiger partial charge >= 0.3 is 10.1 Å². The molecule has 0 aromatic heterocycles. The molecule has 0 saturated heterocycles. The van der Waals surface area contributed by atoms with E-state index < -0.39 is 26.5 Å². The maximum absolute atomic E-state index is 12.8. The monoisotopic (exact) mass is 639 g/mol. The summed E-state index contributed by atoms with van der Waals surface area (Å²) >= 11 is 12.3. The molecule has 3 rings (SSSR count). The highest BCUT2D eigenvalue weighted by Crippen LogP contribution is 2.36. The van der Waals surface area contributed by atoms with Crippen LogP contribution in [0.15, 0.2) is 80.1 Å². The van der Waals surface area contributed by atoms with Gasteiger partial charge in [0.25, 0.3) is 11.6 Å². The van der Waals surface area contributed by atoms with E-state index in [1.165, 1.54) is 54.6 Å². The van der Waals surface area contributed by atoms with E-state index in [1.54, 1.807) is 6.07 Å². The number of amides is 1. The van der Waals surface area contributed by atoms with Gasteiger partial charge in [0.15, 0.2) is 5.75 Å². The van der Waals surface area contributed by atoms with Gasteiger partial charge < -0.3 is 9.50 Å². The van der Waals surface area contributed by atoms with Gasteiger partial charge in [0, 0.05) is 32.9 Å². The van der Waals surface area contributed by atoms with Crippen molar-refractivity contribution in [1.29, 1.82) is 5.26 Å². The van der Waals surface area contributed by atoms with Crippen molar-refractivity contribution in [3.63, 3.8) is 0 Å². The smallest absolute Gasteiger partial charge is 0.339 e. The number of nitro groups is 1. The number of benzene rings is 3. The van der Waals surface area contributed by atoms with Crippen LogP contribution in [0.2, 0.25) is 5.02 Å². The fourth-order valence-electron chi connectivity index (χ4n) is 2.73. The molecule has 0 unspecified atom stereocenters. The predicted octanol–water partition coefficient (Wildman–Crippen LogP) is 6.09. The second-order valence-electron chi connectivity index (χ2n) is 6.73. The summed E-state index contributed by atoms with van der Waals surface area (Å²) in [7, 11) is -4.29. The van der Waals surface area contributed by atoms with E-state index in [-0.39, 0.29) is 32.1 Å². The van der Waals surface area contributed by atoms with E-state index in [2.05, 4.69) is 37.2 Å². The lowest BCUT2D eigenvalue weighted by Crippen LogP contribution is -2.14. The average Bonchev–Trinajstić information content (AvgIpc) is 2.79. The van der Waals surface area contributed by atoms with Crippen molar-refractivity contribution in [1.82, 2.24) is 0 Å². The molecule has 3 aromatic rings. The van der Waals surface area contributed by atoms with Crippen molar-refractivity contribution in [2.24, 2.45) is 0 Å². The fourth-order valence-corrected chi connectivity index (χ4v) is 5.28. The molecule has 3 aromatic carbocycles. The summed E-state index contributed by atoms with van der Waals surface area (Å²) in [6.45, 7) is 0. The Balaban J connectivity index is 1.99. The third kappa shape index (κ3) is 6.67. The van der Waals surface area contributed by atoms with Gasteiger partial charge in [-0.2, -0.15) is 13.7 Å². The molecular formula is C22H12Br2ClN3O6S. The van der Waals surface area contributed by atoms with E-state index in [4.69, 9.17) is 15.8 Å². The number of nitriles is 1. The van der Waals surface area contributed by atoms with Gasteiger partial charge in [0.05, 0.1) is 9.40 Å². The molecule has 0 saturated carbocycles. The number of non-ortho nitro benzene ring substituents is 1. The Hall–Kier alpha value is -3.24. The minimum atomic E-state index is -4.29. The SMILES string of the molecule is N#C/C(=C\c1cc(Br)cc(Br)c1OS(=O)(=O)c1ccc(Cl)cc1)C(=O)Nc1cccc([N+](=O)[O-])c1. The van der Waals surface area contributed by atoms with E-state index in [1.807, 2.05) is 0 Å². The molecule has 35 heavy (non-hydrogen) atoms. The zero-order chi connectivity index (χ0) is 25.8. The van der Waals surface area contributed by atoms with Crippen LogP contribution in [0, 0.1) is 21.4 Å². The highest BCUT2D eigenvalue weighted by molar-refractivity contribution is 9.11. The molecule has 0 heterocycles. The van der Waals surface area contributed by atoms with Gasteiger partial charge in [-0.15, -0.1) is 0 Å². The zero-order valence-corrected chi connectivity index (χ0v) is 22.0. The number of halogens is 3. The van der Waals surface area contributed by atoms with E-state index in [0.717, 1.165) is 12.1 Å². The average molecular weight is 642 g/mol. The summed E-state index contributed by atoms with van der Waals surface area (Å²) in [6.07, 6.45) is 1.13. The topological polar surface area (TPSA) is 139 Å². The van der Waals surface area contributed by atoms with Crippen molar-refractivity contribution in [3.8, 4) is 11.8 Å². The van der Waals surface area contributed by atoms with Gasteiger partial charge in [0.2, 0.25) is 0 Å². The first-order valence-electron chi connectivity index (χ1n) is 9.37. The lowest BCUT2D eigenvalue weighted by Gasteiger charge is -2.13. The number of carbonyl (C=O) groups excluding carboxylic acids is 1. The molecule has 0 atom stereocenters. The highest BCUT2D eigenvalue weighted by Gasteiger charge is 2.22. The Morgan fingerprint density at radius 2 is 1.83 bits per heavy atom. The van der Waals surface area contributed by atoms with Crippen molar-refractivity contribution in [2.75, 3.05) is 5.32 Å². The number of carbonyl (C=O) groups is 1. The Morgan fingerprint density at radius 3 is 2.46 bits per heavy atom. The molecule has 9 nitrogen and oxygen atoms in total. The van der Waals surface area contributed by atoms with E-state index >= 15 is 0 Å². The summed E-state index contributed by atoms with van der Waals surface area (Å²) in [4.78, 5) is 22.9. The normalized spacial score (nSPS) is 11.4. The molecule has 0 fully saturated rings. The van der Waals surface area contributed by atoms with Gasteiger partial charge in [-0.25, -0.2) is 0 Å². The molecule has 1 N–H and O–H groups in total. The number of nitro benzene ring substituents is 1. The summed E-state index contributed by atoms with van der Waals surface area (Å²) < 4.78 is 31.7. The molecule has 0 bridgehead atoms. The number of nitrogens with one attached hydrogen (secondary N) is 1. The molecule has 0 aliphatic rings. The Kier molecular flexibility index (Phi) is 8.29. The van der Waals surface area contributed by atoms with E-state index in [9.17, 15) is 28.6 Å². The van der Waals surface area contributed by atoms with Crippen molar-refractivity contribution >= 4 is 76.9 Å². The van der Waals surface area contributed by atoms with Gasteiger partial charge in [-0.05, 0) is 64.5 Å². The van der Waals surface area contributed by atoms with Crippen LogP contribution < -0.4 is 9.50 Å². The quantitative estimate of drug-likeness (QED) is 0.108. The standard InChI is InChI=1S/C22H12Br2ClN3O6S/c23-15-9-13(8-14(12-26)22(29)27-17-2-1-3-18(11-17)28(30)31)21(20(24)10-15)34-35(32,33)19-6-4-16(25)5-7-19/h1-11H,(H,27,29)/b14-8+. The van der Waals surface area contributed by atoms with Crippen molar-refractivity contribution in [3.05, 3.63) is 95.9 Å². The second kappa shape index (κ2) is 11.0. The molecule has 0 spiro atoms. The molecule has 1 amide bonds. The van der Waals surface area contributed by atoms with E-state index in [0.29, 0.717) is 9.50 Å². The Bertz CT molecular complexity index is 1500. The van der Waals surface area contributed by atoms with Crippen molar-refractivity contribution < 1.29 is 22.3 Å². The molecule has 0 aliphatic carbocycles. The number of nitrogens with zero attached hydrogens (tertiary/aromatic N) is 2. The third-order valence-electron chi connectivity index (χ3n) is 4.31. The summed E-state index contributed by atoms with van der Waals surface area (Å²) in [5, 5.41) is 23.3. The summed E-state index contributed by atoms with van der Waals surface area (Å²) in [6, 6.07) is 15.2. The minimum Gasteiger partial charge on any atom is -0.377 e. The number of anilines is 1. The molecule has 178 valence electrons. The lowest BCUT2D eigenvalue weighted by molar-refractivity contribution is -0.384. The van der Waals surface area contributed by atoms with Crippen LogP contribution >= 0.6 is 43.5 Å². The zero-order valence-electron chi connectivity index (χ0n) is 17.2. The molecule has 0 radical (unpaired) electrons. The minimum absolute atomic E-state index is 0.0922. The molecule has 13 heteroatoms. The van der Waals surface area contributed by atoms with Crippen LogP contribution in [0.4, 0.5) is 11.4 Å². The second-order valence-corrected chi connectivity index (χ2v) is 10.5. The van der Waals surface area contributed by atoms with Crippen LogP contribution in [0.25, 0.3) is 6.08 Å². The Morgan fingerprint density at radius 1 is 1.14 bits per heavy atom. The van der Waals surface area contributed by atoms with Crippen LogP contribution in [-0.4, -0.2) is 19.2 Å². The third-order valence-corrected chi connectivity index (χ3v) is 6.85. The highest BCUT2D eigenvalue weighted by atomic mass is 79.9. The number of rotatable bonds is 7. The first-order valence-corrected chi connectivity index (χ1v) is 12.7. The summed E-state index contributed by atoms with van der Waals surface area (Å²) in [5.41, 5.74) is -0.461.